The molecule has 0 atom stereocenters. The van der Waals surface area contributed by atoms with Gasteiger partial charge in [-0.25, -0.2) is 14.6 Å². The highest BCUT2D eigenvalue weighted by molar-refractivity contribution is 5.91. The van der Waals surface area contributed by atoms with Crippen molar-refractivity contribution in [3.8, 4) is 5.82 Å². The van der Waals surface area contributed by atoms with Crippen LogP contribution in [0, 0.1) is 13.8 Å². The lowest BCUT2D eigenvalue weighted by atomic mass is 10.3. The zero-order valence-corrected chi connectivity index (χ0v) is 13.0. The van der Waals surface area contributed by atoms with Crippen LogP contribution in [-0.4, -0.2) is 51.2 Å². The SMILES string of the molecule is CCNc1nc(C)nc(-n2ccc(C(=O)N(C)C)n2)c1C. The lowest BCUT2D eigenvalue weighted by Crippen LogP contribution is -2.22. The summed E-state index contributed by atoms with van der Waals surface area (Å²) in [4.78, 5) is 22.2. The minimum absolute atomic E-state index is 0.135. The van der Waals surface area contributed by atoms with Gasteiger partial charge >= 0.3 is 0 Å². The van der Waals surface area contributed by atoms with Crippen LogP contribution in [0.2, 0.25) is 0 Å². The molecule has 1 amide bonds. The quantitative estimate of drug-likeness (QED) is 0.920. The maximum Gasteiger partial charge on any atom is 0.273 e. The van der Waals surface area contributed by atoms with Crippen molar-refractivity contribution in [1.29, 1.82) is 0 Å². The third kappa shape index (κ3) is 3.01. The Bertz CT molecular complexity index is 661. The fourth-order valence-corrected chi connectivity index (χ4v) is 1.96. The van der Waals surface area contributed by atoms with E-state index in [4.69, 9.17) is 0 Å². The molecule has 2 aromatic rings. The van der Waals surface area contributed by atoms with E-state index in [1.165, 1.54) is 4.90 Å². The Morgan fingerprint density at radius 1 is 1.33 bits per heavy atom. The first kappa shape index (κ1) is 15.0. The molecule has 2 rings (SSSR count). The van der Waals surface area contributed by atoms with E-state index in [1.807, 2.05) is 20.8 Å². The lowest BCUT2D eigenvalue weighted by Gasteiger charge is -2.12. The van der Waals surface area contributed by atoms with Crippen LogP contribution in [0.15, 0.2) is 12.3 Å². The van der Waals surface area contributed by atoms with E-state index in [-0.39, 0.29) is 5.91 Å². The Balaban J connectivity index is 2.45. The highest BCUT2D eigenvalue weighted by Gasteiger charge is 2.15. The van der Waals surface area contributed by atoms with E-state index >= 15 is 0 Å². The Morgan fingerprint density at radius 3 is 2.67 bits per heavy atom. The fraction of sp³-hybridized carbons (Fsp3) is 0.429. The number of nitrogens with zero attached hydrogens (tertiary/aromatic N) is 5. The van der Waals surface area contributed by atoms with Crippen molar-refractivity contribution in [2.45, 2.75) is 20.8 Å². The van der Waals surface area contributed by atoms with Crippen LogP contribution in [0.5, 0.6) is 0 Å². The summed E-state index contributed by atoms with van der Waals surface area (Å²) in [5, 5.41) is 7.52. The van der Waals surface area contributed by atoms with E-state index < -0.39 is 0 Å². The zero-order chi connectivity index (χ0) is 15.6. The Kier molecular flexibility index (Phi) is 4.21. The van der Waals surface area contributed by atoms with Gasteiger partial charge < -0.3 is 10.2 Å². The molecule has 21 heavy (non-hydrogen) atoms. The molecule has 7 nitrogen and oxygen atoms in total. The van der Waals surface area contributed by atoms with Crippen LogP contribution in [0.25, 0.3) is 5.82 Å². The van der Waals surface area contributed by atoms with Crippen LogP contribution in [0.3, 0.4) is 0 Å². The van der Waals surface area contributed by atoms with Crippen LogP contribution in [0.4, 0.5) is 5.82 Å². The maximum absolute atomic E-state index is 11.9. The number of rotatable bonds is 4. The number of carbonyl (C=O) groups excluding carboxylic acids is 1. The number of hydrogen-bond donors (Lipinski definition) is 1. The molecule has 0 unspecified atom stereocenters. The van der Waals surface area contributed by atoms with E-state index in [1.54, 1.807) is 31.0 Å². The molecule has 0 saturated heterocycles. The molecule has 0 spiro atoms. The number of aryl methyl sites for hydroxylation is 1. The molecule has 0 saturated carbocycles. The van der Waals surface area contributed by atoms with Gasteiger partial charge in [0.05, 0.1) is 0 Å². The number of hydrogen-bond acceptors (Lipinski definition) is 5. The molecular weight excluding hydrogens is 268 g/mol. The van der Waals surface area contributed by atoms with Crippen molar-refractivity contribution in [3.05, 3.63) is 29.3 Å². The minimum atomic E-state index is -0.135. The first-order valence-corrected chi connectivity index (χ1v) is 6.80. The highest BCUT2D eigenvalue weighted by atomic mass is 16.2. The van der Waals surface area contributed by atoms with E-state index in [0.717, 1.165) is 17.9 Å². The van der Waals surface area contributed by atoms with Gasteiger partial charge in [-0.1, -0.05) is 0 Å². The van der Waals surface area contributed by atoms with Gasteiger partial charge in [-0.3, -0.25) is 4.79 Å². The molecule has 0 aliphatic carbocycles. The first-order chi connectivity index (χ1) is 9.93. The van der Waals surface area contributed by atoms with Gasteiger partial charge in [-0.05, 0) is 26.8 Å². The zero-order valence-electron chi connectivity index (χ0n) is 13.0. The third-order valence-electron chi connectivity index (χ3n) is 3.01. The van der Waals surface area contributed by atoms with Crippen LogP contribution in [0.1, 0.15) is 28.8 Å². The summed E-state index contributed by atoms with van der Waals surface area (Å²) in [6.07, 6.45) is 1.74. The van der Waals surface area contributed by atoms with E-state index in [0.29, 0.717) is 17.3 Å². The van der Waals surface area contributed by atoms with Crippen molar-refractivity contribution < 1.29 is 4.79 Å². The molecule has 112 valence electrons. The fourth-order valence-electron chi connectivity index (χ4n) is 1.96. The minimum Gasteiger partial charge on any atom is -0.370 e. The summed E-state index contributed by atoms with van der Waals surface area (Å²) in [6, 6.07) is 1.69. The standard InChI is InChI=1S/C14H20N6O/c1-6-15-12-9(2)13(17-10(3)16-12)20-8-7-11(18-20)14(21)19(4)5/h7-8H,6H2,1-5H3,(H,15,16,17). The molecule has 7 heteroatoms. The van der Waals surface area contributed by atoms with Gasteiger partial charge in [-0.15, -0.1) is 0 Å². The topological polar surface area (TPSA) is 75.9 Å². The predicted molar refractivity (Wildman–Crippen MR) is 80.8 cm³/mol. The van der Waals surface area contributed by atoms with Crippen molar-refractivity contribution >= 4 is 11.7 Å². The van der Waals surface area contributed by atoms with Gasteiger partial charge in [0, 0.05) is 32.4 Å². The van der Waals surface area contributed by atoms with Crippen LogP contribution < -0.4 is 5.32 Å². The Morgan fingerprint density at radius 2 is 2.05 bits per heavy atom. The molecule has 0 aliphatic rings. The molecule has 2 aromatic heterocycles. The molecule has 1 N–H and O–H groups in total. The Hall–Kier alpha value is -2.44. The van der Waals surface area contributed by atoms with Gasteiger partial charge in [0.2, 0.25) is 0 Å². The summed E-state index contributed by atoms with van der Waals surface area (Å²) >= 11 is 0. The molecule has 0 aliphatic heterocycles. The average molecular weight is 288 g/mol. The second-order valence-corrected chi connectivity index (χ2v) is 4.94. The van der Waals surface area contributed by atoms with Crippen molar-refractivity contribution in [2.24, 2.45) is 0 Å². The van der Waals surface area contributed by atoms with Crippen LogP contribution in [-0.2, 0) is 0 Å². The highest BCUT2D eigenvalue weighted by Crippen LogP contribution is 2.18. The number of amides is 1. The molecule has 2 heterocycles. The maximum atomic E-state index is 11.9. The normalized spacial score (nSPS) is 10.5. The van der Waals surface area contributed by atoms with Crippen molar-refractivity contribution in [1.82, 2.24) is 24.6 Å². The van der Waals surface area contributed by atoms with Crippen molar-refractivity contribution in [2.75, 3.05) is 26.0 Å². The van der Waals surface area contributed by atoms with E-state index in [9.17, 15) is 4.79 Å². The smallest absolute Gasteiger partial charge is 0.273 e. The molecule has 0 aromatic carbocycles. The summed E-state index contributed by atoms with van der Waals surface area (Å²) in [5.41, 5.74) is 1.29. The van der Waals surface area contributed by atoms with Gasteiger partial charge in [-0.2, -0.15) is 5.10 Å². The monoisotopic (exact) mass is 288 g/mol. The molecule has 0 fully saturated rings. The number of anilines is 1. The second kappa shape index (κ2) is 5.90. The van der Waals surface area contributed by atoms with Gasteiger partial charge in [0.1, 0.15) is 11.6 Å². The summed E-state index contributed by atoms with van der Waals surface area (Å²) < 4.78 is 1.61. The summed E-state index contributed by atoms with van der Waals surface area (Å²) in [7, 11) is 3.40. The average Bonchev–Trinajstić information content (AvgIpc) is 2.91. The number of nitrogens with one attached hydrogen (secondary N) is 1. The Labute approximate surface area is 124 Å². The summed E-state index contributed by atoms with van der Waals surface area (Å²) in [5.74, 6) is 1.99. The van der Waals surface area contributed by atoms with Gasteiger partial charge in [0.25, 0.3) is 5.91 Å². The predicted octanol–water partition coefficient (Wildman–Crippen LogP) is 1.41. The van der Waals surface area contributed by atoms with Crippen molar-refractivity contribution in [3.63, 3.8) is 0 Å². The summed E-state index contributed by atoms with van der Waals surface area (Å²) in [6.45, 7) is 6.56. The number of aromatic nitrogens is 4. The molecule has 0 radical (unpaired) electrons. The molecular formula is C14H20N6O. The largest absolute Gasteiger partial charge is 0.370 e. The number of carbonyl (C=O) groups is 1. The van der Waals surface area contributed by atoms with Gasteiger partial charge in [0.15, 0.2) is 11.5 Å². The first-order valence-electron chi connectivity index (χ1n) is 6.80. The lowest BCUT2D eigenvalue weighted by molar-refractivity contribution is 0.0821. The molecule has 0 bridgehead atoms. The van der Waals surface area contributed by atoms with Crippen LogP contribution >= 0.6 is 0 Å². The van der Waals surface area contributed by atoms with E-state index in [2.05, 4.69) is 20.4 Å². The third-order valence-corrected chi connectivity index (χ3v) is 3.01. The second-order valence-electron chi connectivity index (χ2n) is 4.94.